The monoisotopic (exact) mass is 766 g/mol. The fourth-order valence-corrected chi connectivity index (χ4v) is 5.44. The van der Waals surface area contributed by atoms with Gasteiger partial charge in [0.1, 0.15) is 6.61 Å². The van der Waals surface area contributed by atoms with Crippen LogP contribution in [0.2, 0.25) is 0 Å². The number of aliphatic hydroxyl groups is 2. The van der Waals surface area contributed by atoms with Gasteiger partial charge in [-0.3, -0.25) is 14.1 Å². The molecule has 304 valence electrons. The van der Waals surface area contributed by atoms with Crippen molar-refractivity contribution in [2.45, 2.75) is 167 Å². The van der Waals surface area contributed by atoms with Gasteiger partial charge in [0.05, 0.1) is 18.8 Å². The number of allylic oxidation sites excluding steroid dienone is 11. The third-order valence-corrected chi connectivity index (χ3v) is 8.65. The van der Waals surface area contributed by atoms with E-state index in [1.165, 1.54) is 19.3 Å². The van der Waals surface area contributed by atoms with E-state index in [0.717, 1.165) is 77.0 Å². The SMILES string of the molecule is CC/C=C\C/C=C\C/C=C\C/C=C\C[C@H](O)[C@@H](O)CCCC(=O)OC[C@H](COP(=O)(O)O)OC(=O)CCCCCCCC/C=C\C/C=C\CCCCC. The van der Waals surface area contributed by atoms with E-state index in [1.807, 2.05) is 18.2 Å². The average Bonchev–Trinajstić information content (AvgIpc) is 3.12. The summed E-state index contributed by atoms with van der Waals surface area (Å²) in [5, 5.41) is 20.5. The quantitative estimate of drug-likeness (QED) is 0.0212. The molecule has 0 heterocycles. The third kappa shape index (κ3) is 37.5. The molecule has 0 saturated carbocycles. The average molecular weight is 767 g/mol. The lowest BCUT2D eigenvalue weighted by atomic mass is 10.0. The lowest BCUT2D eigenvalue weighted by molar-refractivity contribution is -0.161. The van der Waals surface area contributed by atoms with Crippen molar-refractivity contribution < 1.29 is 48.2 Å². The van der Waals surface area contributed by atoms with Crippen molar-refractivity contribution in [3.8, 4) is 0 Å². The van der Waals surface area contributed by atoms with Crippen molar-refractivity contribution in [1.82, 2.24) is 0 Å². The molecule has 0 rings (SSSR count). The molecule has 0 bridgehead atoms. The molecule has 3 atom stereocenters. The first-order chi connectivity index (χ1) is 25.6. The predicted octanol–water partition coefficient (Wildman–Crippen LogP) is 9.84. The molecule has 0 fully saturated rings. The van der Waals surface area contributed by atoms with Crippen molar-refractivity contribution in [3.05, 3.63) is 72.9 Å². The highest BCUT2D eigenvalue weighted by Gasteiger charge is 2.23. The highest BCUT2D eigenvalue weighted by atomic mass is 31.2. The summed E-state index contributed by atoms with van der Waals surface area (Å²) in [4.78, 5) is 42.8. The van der Waals surface area contributed by atoms with E-state index in [9.17, 15) is 24.4 Å². The number of unbranched alkanes of at least 4 members (excludes halogenated alkanes) is 9. The Morgan fingerprint density at radius 3 is 1.68 bits per heavy atom. The van der Waals surface area contributed by atoms with Gasteiger partial charge in [0.2, 0.25) is 0 Å². The summed E-state index contributed by atoms with van der Waals surface area (Å²) in [5.74, 6) is -1.19. The van der Waals surface area contributed by atoms with Gasteiger partial charge < -0.3 is 29.5 Å². The molecule has 0 spiro atoms. The third-order valence-electron chi connectivity index (χ3n) is 8.16. The van der Waals surface area contributed by atoms with Gasteiger partial charge in [-0.2, -0.15) is 0 Å². The number of carbonyl (C=O) groups is 2. The van der Waals surface area contributed by atoms with Gasteiger partial charge in [-0.15, -0.1) is 0 Å². The number of aliphatic hydroxyl groups excluding tert-OH is 2. The van der Waals surface area contributed by atoms with Crippen LogP contribution in [0.4, 0.5) is 0 Å². The Labute approximate surface area is 320 Å². The number of phosphoric ester groups is 1. The van der Waals surface area contributed by atoms with Gasteiger partial charge in [0.15, 0.2) is 6.10 Å². The second-order valence-electron chi connectivity index (χ2n) is 13.2. The van der Waals surface area contributed by atoms with Crippen LogP contribution < -0.4 is 0 Å². The Bertz CT molecular complexity index is 1120. The largest absolute Gasteiger partial charge is 0.469 e. The molecule has 0 unspecified atom stereocenters. The molecular formula is C42H71O10P. The van der Waals surface area contributed by atoms with E-state index in [4.69, 9.17) is 19.3 Å². The lowest BCUT2D eigenvalue weighted by Gasteiger charge is -2.19. The minimum Gasteiger partial charge on any atom is -0.462 e. The molecule has 0 aliphatic carbocycles. The van der Waals surface area contributed by atoms with Crippen LogP contribution in [-0.4, -0.2) is 63.5 Å². The lowest BCUT2D eigenvalue weighted by Crippen LogP contribution is -2.29. The number of esters is 2. The Morgan fingerprint density at radius 1 is 0.585 bits per heavy atom. The normalized spacial score (nSPS) is 14.5. The van der Waals surface area contributed by atoms with Crippen molar-refractivity contribution in [1.29, 1.82) is 0 Å². The van der Waals surface area contributed by atoms with Crippen molar-refractivity contribution in [2.75, 3.05) is 13.2 Å². The van der Waals surface area contributed by atoms with Gasteiger partial charge >= 0.3 is 19.8 Å². The first kappa shape index (κ1) is 50.4. The van der Waals surface area contributed by atoms with E-state index < -0.39 is 51.3 Å². The maximum atomic E-state index is 12.4. The standard InChI is InChI=1S/C42H71O10P/c1-3-5-7-9-11-13-15-17-18-19-20-22-24-26-28-30-34-42(46)52-38(37-51-53(47,48)49)36-50-41(45)35-31-33-40(44)39(43)32-29-27-25-23-21-16-14-12-10-8-6-4-2/h6,8,11-14,17-18,21,23,27,29,38-40,43-44H,3-5,7,9-10,15-16,19-20,22,24-26,28,30-37H2,1-2H3,(H2,47,48,49)/b8-6-,13-11-,14-12-,18-17-,23-21-,29-27-/t38-,39+,40+/m1/s1. The number of ether oxygens (including phenoxy) is 2. The van der Waals surface area contributed by atoms with Crippen molar-refractivity contribution in [3.63, 3.8) is 0 Å². The number of hydrogen-bond acceptors (Lipinski definition) is 8. The zero-order valence-corrected chi connectivity index (χ0v) is 33.5. The second kappa shape index (κ2) is 36.4. The summed E-state index contributed by atoms with van der Waals surface area (Å²) in [6, 6.07) is 0. The maximum Gasteiger partial charge on any atom is 0.469 e. The Morgan fingerprint density at radius 2 is 1.09 bits per heavy atom. The number of hydrogen-bond donors (Lipinski definition) is 4. The molecule has 0 aromatic heterocycles. The van der Waals surface area contributed by atoms with Crippen LogP contribution in [0, 0.1) is 0 Å². The molecule has 0 aliphatic heterocycles. The number of rotatable bonds is 35. The molecule has 4 N–H and O–H groups in total. The fourth-order valence-electron chi connectivity index (χ4n) is 5.08. The van der Waals surface area contributed by atoms with Crippen LogP contribution in [0.5, 0.6) is 0 Å². The van der Waals surface area contributed by atoms with Crippen LogP contribution in [0.1, 0.15) is 149 Å². The minimum absolute atomic E-state index is 0.0550. The maximum absolute atomic E-state index is 12.4. The van der Waals surface area contributed by atoms with Gasteiger partial charge in [-0.25, -0.2) is 4.57 Å². The molecule has 10 nitrogen and oxygen atoms in total. The Balaban J connectivity index is 4.23. The van der Waals surface area contributed by atoms with Crippen molar-refractivity contribution >= 4 is 19.8 Å². The van der Waals surface area contributed by atoms with Crippen LogP contribution in [0.25, 0.3) is 0 Å². The molecule has 0 aromatic rings. The Kier molecular flexibility index (Phi) is 34.6. The zero-order valence-electron chi connectivity index (χ0n) is 32.6. The molecule has 0 aliphatic rings. The first-order valence-electron chi connectivity index (χ1n) is 19.9. The van der Waals surface area contributed by atoms with Gasteiger partial charge in [-0.05, 0) is 83.5 Å². The Hall–Kier alpha value is -2.59. The molecule has 11 heteroatoms. The van der Waals surface area contributed by atoms with E-state index in [-0.39, 0.29) is 32.1 Å². The van der Waals surface area contributed by atoms with E-state index >= 15 is 0 Å². The molecule has 0 saturated heterocycles. The number of carbonyl (C=O) groups excluding carboxylic acids is 2. The molecule has 0 radical (unpaired) electrons. The van der Waals surface area contributed by atoms with Crippen LogP contribution in [0.15, 0.2) is 72.9 Å². The highest BCUT2D eigenvalue weighted by Crippen LogP contribution is 2.36. The van der Waals surface area contributed by atoms with Crippen LogP contribution in [-0.2, 0) is 28.2 Å². The molecular weight excluding hydrogens is 695 g/mol. The number of phosphoric acid groups is 1. The van der Waals surface area contributed by atoms with E-state index in [0.29, 0.717) is 6.42 Å². The van der Waals surface area contributed by atoms with E-state index in [2.05, 4.69) is 73.1 Å². The molecule has 0 amide bonds. The first-order valence-corrected chi connectivity index (χ1v) is 21.4. The predicted molar refractivity (Wildman–Crippen MR) is 214 cm³/mol. The van der Waals surface area contributed by atoms with Crippen molar-refractivity contribution in [2.24, 2.45) is 0 Å². The summed E-state index contributed by atoms with van der Waals surface area (Å²) >= 11 is 0. The van der Waals surface area contributed by atoms with Crippen LogP contribution in [0.3, 0.4) is 0 Å². The van der Waals surface area contributed by atoms with Gasteiger partial charge in [-0.1, -0.05) is 125 Å². The minimum atomic E-state index is -4.83. The zero-order chi connectivity index (χ0) is 39.3. The summed E-state index contributed by atoms with van der Waals surface area (Å²) < 4.78 is 26.2. The highest BCUT2D eigenvalue weighted by molar-refractivity contribution is 7.46. The van der Waals surface area contributed by atoms with Crippen LogP contribution >= 0.6 is 7.82 Å². The fraction of sp³-hybridized carbons (Fsp3) is 0.667. The topological polar surface area (TPSA) is 160 Å². The summed E-state index contributed by atoms with van der Waals surface area (Å²) in [6.45, 7) is 3.27. The summed E-state index contributed by atoms with van der Waals surface area (Å²) in [6.07, 6.45) is 39.4. The summed E-state index contributed by atoms with van der Waals surface area (Å²) in [5.41, 5.74) is 0. The van der Waals surface area contributed by atoms with E-state index in [1.54, 1.807) is 0 Å². The summed E-state index contributed by atoms with van der Waals surface area (Å²) in [7, 11) is -4.83. The van der Waals surface area contributed by atoms with Gasteiger partial charge in [0.25, 0.3) is 0 Å². The molecule has 0 aromatic carbocycles. The smallest absolute Gasteiger partial charge is 0.462 e. The van der Waals surface area contributed by atoms with Gasteiger partial charge in [0, 0.05) is 12.8 Å². The molecule has 53 heavy (non-hydrogen) atoms. The second-order valence-corrected chi connectivity index (χ2v) is 14.4.